The van der Waals surface area contributed by atoms with E-state index in [1.54, 1.807) is 16.2 Å². The number of nitrogens with zero attached hydrogens (tertiary/aromatic N) is 2. The van der Waals surface area contributed by atoms with Crippen LogP contribution in [0.2, 0.25) is 0 Å². The van der Waals surface area contributed by atoms with Crippen LogP contribution in [0.5, 0.6) is 0 Å². The zero-order chi connectivity index (χ0) is 15.1. The van der Waals surface area contributed by atoms with E-state index in [0.717, 1.165) is 23.4 Å². The number of nitrogens with one attached hydrogen (secondary N) is 1. The van der Waals surface area contributed by atoms with Gasteiger partial charge in [0.2, 0.25) is 0 Å². The van der Waals surface area contributed by atoms with E-state index in [2.05, 4.69) is 16.4 Å². The molecule has 0 unspecified atom stereocenters. The van der Waals surface area contributed by atoms with Crippen LogP contribution in [0, 0.1) is 0 Å². The Bertz CT molecular complexity index is 552. The molecule has 0 bridgehead atoms. The summed E-state index contributed by atoms with van der Waals surface area (Å²) in [5, 5.41) is 12.9. The topological polar surface area (TPSA) is 65.5 Å². The van der Waals surface area contributed by atoms with Crippen LogP contribution >= 0.6 is 11.3 Å². The van der Waals surface area contributed by atoms with Crippen LogP contribution in [0.1, 0.15) is 18.4 Å². The number of amides is 2. The van der Waals surface area contributed by atoms with Crippen molar-refractivity contribution in [2.45, 2.75) is 19.8 Å². The molecule has 0 atom stereocenters. The zero-order valence-electron chi connectivity index (χ0n) is 12.2. The molecule has 21 heavy (non-hydrogen) atoms. The molecule has 1 aromatic carbocycles. The molecule has 0 aliphatic heterocycles. The Balaban J connectivity index is 1.75. The lowest BCUT2D eigenvalue weighted by Gasteiger charge is -2.19. The molecular formula is C15H21N3O2S. The average molecular weight is 307 g/mol. The van der Waals surface area contributed by atoms with Crippen LogP contribution in [0.4, 0.5) is 4.79 Å². The van der Waals surface area contributed by atoms with Gasteiger partial charge in [-0.25, -0.2) is 9.78 Å². The first-order valence-electron chi connectivity index (χ1n) is 7.22. The van der Waals surface area contributed by atoms with E-state index >= 15 is 0 Å². The molecule has 0 saturated heterocycles. The Hall–Kier alpha value is -1.66. The van der Waals surface area contributed by atoms with Crippen molar-refractivity contribution in [3.05, 3.63) is 29.3 Å². The molecule has 114 valence electrons. The maximum Gasteiger partial charge on any atom is 0.317 e. The van der Waals surface area contributed by atoms with E-state index in [4.69, 9.17) is 5.11 Å². The highest BCUT2D eigenvalue weighted by molar-refractivity contribution is 7.18. The Morgan fingerprint density at radius 2 is 2.24 bits per heavy atom. The van der Waals surface area contributed by atoms with Gasteiger partial charge >= 0.3 is 6.03 Å². The fourth-order valence-electron chi connectivity index (χ4n) is 2.10. The molecular weight excluding hydrogens is 286 g/mol. The summed E-state index contributed by atoms with van der Waals surface area (Å²) < 4.78 is 1.21. The number of fused-ring (bicyclic) bond motifs is 1. The lowest BCUT2D eigenvalue weighted by molar-refractivity contribution is 0.180. The van der Waals surface area contributed by atoms with Crippen molar-refractivity contribution in [2.75, 3.05) is 26.2 Å². The van der Waals surface area contributed by atoms with Gasteiger partial charge in [-0.05, 0) is 25.5 Å². The molecule has 1 heterocycles. The molecule has 5 nitrogen and oxygen atoms in total. The highest BCUT2D eigenvalue weighted by atomic mass is 32.1. The van der Waals surface area contributed by atoms with E-state index < -0.39 is 0 Å². The third kappa shape index (κ3) is 4.41. The minimum atomic E-state index is -0.115. The zero-order valence-corrected chi connectivity index (χ0v) is 13.0. The van der Waals surface area contributed by atoms with Gasteiger partial charge in [0.15, 0.2) is 0 Å². The van der Waals surface area contributed by atoms with E-state index in [1.807, 2.05) is 25.1 Å². The van der Waals surface area contributed by atoms with Crippen molar-refractivity contribution < 1.29 is 9.90 Å². The second-order valence-electron chi connectivity index (χ2n) is 4.71. The van der Waals surface area contributed by atoms with E-state index in [0.29, 0.717) is 19.6 Å². The average Bonchev–Trinajstić information content (AvgIpc) is 2.91. The Kier molecular flexibility index (Phi) is 5.95. The summed E-state index contributed by atoms with van der Waals surface area (Å²) in [6, 6.07) is 7.99. The van der Waals surface area contributed by atoms with Crippen molar-refractivity contribution in [1.29, 1.82) is 0 Å². The summed E-state index contributed by atoms with van der Waals surface area (Å²) >= 11 is 1.71. The highest BCUT2D eigenvalue weighted by Gasteiger charge is 2.09. The summed E-state index contributed by atoms with van der Waals surface area (Å²) in [6.07, 6.45) is 1.73. The van der Waals surface area contributed by atoms with Crippen LogP contribution in [-0.2, 0) is 6.42 Å². The molecule has 0 saturated carbocycles. The van der Waals surface area contributed by atoms with Gasteiger partial charge in [0.05, 0.1) is 21.8 Å². The van der Waals surface area contributed by atoms with Gasteiger partial charge in [-0.1, -0.05) is 12.1 Å². The van der Waals surface area contributed by atoms with Crippen molar-refractivity contribution in [2.24, 2.45) is 0 Å². The number of aliphatic hydroxyl groups is 1. The van der Waals surface area contributed by atoms with Gasteiger partial charge in [-0.2, -0.15) is 0 Å². The van der Waals surface area contributed by atoms with Crippen molar-refractivity contribution in [3.63, 3.8) is 0 Å². The fraction of sp³-hybridized carbons (Fsp3) is 0.467. The Morgan fingerprint density at radius 3 is 2.95 bits per heavy atom. The van der Waals surface area contributed by atoms with Gasteiger partial charge < -0.3 is 15.3 Å². The first kappa shape index (κ1) is 15.7. The van der Waals surface area contributed by atoms with Gasteiger partial charge in [-0.3, -0.25) is 0 Å². The maximum atomic E-state index is 11.8. The van der Waals surface area contributed by atoms with Gasteiger partial charge in [0.25, 0.3) is 0 Å². The molecule has 2 N–H and O–H groups in total. The standard InChI is InChI=1S/C15H21N3O2S/c1-2-18(10-11-19)15(20)16-9-5-8-14-17-12-6-3-4-7-13(12)21-14/h3-4,6-7,19H,2,5,8-11H2,1H3,(H,16,20). The number of likely N-dealkylation sites (N-methyl/N-ethyl adjacent to an activating group) is 1. The summed E-state index contributed by atoms with van der Waals surface area (Å²) in [4.78, 5) is 18.0. The smallest absolute Gasteiger partial charge is 0.317 e. The number of rotatable bonds is 7. The number of thiazole rings is 1. The summed E-state index contributed by atoms with van der Waals surface area (Å²) in [7, 11) is 0. The fourth-order valence-corrected chi connectivity index (χ4v) is 3.11. The Morgan fingerprint density at radius 1 is 1.43 bits per heavy atom. The molecule has 2 aromatic rings. The molecule has 0 fully saturated rings. The van der Waals surface area contributed by atoms with Gasteiger partial charge in [0, 0.05) is 26.1 Å². The molecule has 0 aliphatic carbocycles. The maximum absolute atomic E-state index is 11.8. The number of benzene rings is 1. The third-order valence-electron chi connectivity index (χ3n) is 3.22. The van der Waals surface area contributed by atoms with Crippen LogP contribution in [-0.4, -0.2) is 47.3 Å². The van der Waals surface area contributed by atoms with E-state index in [-0.39, 0.29) is 12.6 Å². The SMILES string of the molecule is CCN(CCO)C(=O)NCCCc1nc2ccccc2s1. The lowest BCUT2D eigenvalue weighted by atomic mass is 10.3. The Labute approximate surface area is 128 Å². The number of aliphatic hydroxyl groups excluding tert-OH is 1. The molecule has 0 spiro atoms. The minimum absolute atomic E-state index is 0.00698. The van der Waals surface area contributed by atoms with E-state index in [1.165, 1.54) is 4.70 Å². The normalized spacial score (nSPS) is 10.8. The quantitative estimate of drug-likeness (QED) is 0.771. The first-order valence-corrected chi connectivity index (χ1v) is 8.04. The minimum Gasteiger partial charge on any atom is -0.395 e. The number of hydrogen-bond acceptors (Lipinski definition) is 4. The number of urea groups is 1. The molecule has 2 amide bonds. The largest absolute Gasteiger partial charge is 0.395 e. The predicted molar refractivity (Wildman–Crippen MR) is 85.7 cm³/mol. The second-order valence-corrected chi connectivity index (χ2v) is 5.83. The summed E-state index contributed by atoms with van der Waals surface area (Å²) in [5.74, 6) is 0. The number of para-hydroxylation sites is 1. The number of carbonyl (C=O) groups is 1. The van der Waals surface area contributed by atoms with Crippen molar-refractivity contribution >= 4 is 27.6 Å². The number of aromatic nitrogens is 1. The van der Waals surface area contributed by atoms with Crippen LogP contribution in [0.15, 0.2) is 24.3 Å². The third-order valence-corrected chi connectivity index (χ3v) is 4.32. The molecule has 2 rings (SSSR count). The molecule has 0 aliphatic rings. The van der Waals surface area contributed by atoms with Gasteiger partial charge in [0.1, 0.15) is 0 Å². The van der Waals surface area contributed by atoms with Crippen LogP contribution in [0.3, 0.4) is 0 Å². The number of aryl methyl sites for hydroxylation is 1. The first-order chi connectivity index (χ1) is 10.2. The highest BCUT2D eigenvalue weighted by Crippen LogP contribution is 2.22. The summed E-state index contributed by atoms with van der Waals surface area (Å²) in [5.41, 5.74) is 1.04. The number of carbonyl (C=O) groups excluding carboxylic acids is 1. The monoisotopic (exact) mass is 307 g/mol. The summed E-state index contributed by atoms with van der Waals surface area (Å²) in [6.45, 7) is 3.49. The molecule has 6 heteroatoms. The molecule has 1 aromatic heterocycles. The number of hydrogen-bond donors (Lipinski definition) is 2. The van der Waals surface area contributed by atoms with Crippen LogP contribution < -0.4 is 5.32 Å². The van der Waals surface area contributed by atoms with E-state index in [9.17, 15) is 4.79 Å². The van der Waals surface area contributed by atoms with Crippen molar-refractivity contribution in [1.82, 2.24) is 15.2 Å². The second kappa shape index (κ2) is 7.95. The predicted octanol–water partition coefficient (Wildman–Crippen LogP) is 2.25. The van der Waals surface area contributed by atoms with Crippen LogP contribution in [0.25, 0.3) is 10.2 Å². The van der Waals surface area contributed by atoms with Crippen molar-refractivity contribution in [3.8, 4) is 0 Å². The molecule has 0 radical (unpaired) electrons. The lowest BCUT2D eigenvalue weighted by Crippen LogP contribution is -2.41. The van der Waals surface area contributed by atoms with Gasteiger partial charge in [-0.15, -0.1) is 11.3 Å².